The van der Waals surface area contributed by atoms with Crippen molar-refractivity contribution in [2.24, 2.45) is 0 Å². The molecule has 1 N–H and O–H groups in total. The highest BCUT2D eigenvalue weighted by Crippen LogP contribution is 2.40. The molecular weight excluding hydrogens is 503 g/mol. The lowest BCUT2D eigenvalue weighted by atomic mass is 9.78. The van der Waals surface area contributed by atoms with Gasteiger partial charge in [-0.25, -0.2) is 0 Å². The molecule has 0 atom stereocenters. The Morgan fingerprint density at radius 3 is 1.61 bits per heavy atom. The summed E-state index contributed by atoms with van der Waals surface area (Å²) in [6, 6.07) is 46.4. The van der Waals surface area contributed by atoms with Crippen molar-refractivity contribution < 1.29 is 9.31 Å². The van der Waals surface area contributed by atoms with E-state index in [1.165, 1.54) is 0 Å². The molecule has 6 rings (SSSR count). The van der Waals surface area contributed by atoms with E-state index in [2.05, 4.69) is 141 Å². The lowest BCUT2D eigenvalue weighted by molar-refractivity contribution is 0.00578. The van der Waals surface area contributed by atoms with Crippen LogP contribution in [0, 0.1) is 0 Å². The van der Waals surface area contributed by atoms with Crippen molar-refractivity contribution in [2.45, 2.75) is 38.9 Å². The van der Waals surface area contributed by atoms with Gasteiger partial charge in [0.15, 0.2) is 0 Å². The van der Waals surface area contributed by atoms with Gasteiger partial charge in [0.25, 0.3) is 0 Å². The molecule has 5 aromatic rings. The minimum Gasteiger partial charge on any atom is -0.399 e. The van der Waals surface area contributed by atoms with Gasteiger partial charge in [-0.3, -0.25) is 0 Å². The van der Waals surface area contributed by atoms with Crippen LogP contribution in [0.15, 0.2) is 133 Å². The Morgan fingerprint density at radius 1 is 0.561 bits per heavy atom. The molecule has 1 fully saturated rings. The van der Waals surface area contributed by atoms with Crippen LogP contribution >= 0.6 is 0 Å². The highest BCUT2D eigenvalue weighted by atomic mass is 16.7. The van der Waals surface area contributed by atoms with Crippen LogP contribution in [0.25, 0.3) is 11.1 Å². The zero-order valence-corrected chi connectivity index (χ0v) is 24.0. The molecule has 0 bridgehead atoms. The van der Waals surface area contributed by atoms with Crippen molar-refractivity contribution >= 4 is 41.0 Å². The summed E-state index contributed by atoms with van der Waals surface area (Å²) in [6.45, 7) is 8.33. The summed E-state index contributed by atoms with van der Waals surface area (Å²) in [5, 5.41) is 3.64. The molecule has 5 aromatic carbocycles. The first kappa shape index (κ1) is 26.9. The van der Waals surface area contributed by atoms with Crippen LogP contribution in [0.3, 0.4) is 0 Å². The third-order valence-corrected chi connectivity index (χ3v) is 8.09. The second kappa shape index (κ2) is 10.9. The standard InChI is InChI=1S/C36H35BN2O2/c1-35(2)36(3,4)41-37(40-35)28-22-20-27(21-23-28)33-26-32(24-25-34(33)38-29-14-8-5-9-15-29)39(30-16-10-6-11-17-30)31-18-12-7-13-19-31/h5-26,38H,1-4H3. The van der Waals surface area contributed by atoms with Crippen LogP contribution in [0.1, 0.15) is 27.7 Å². The van der Waals surface area contributed by atoms with Crippen LogP contribution in [0.5, 0.6) is 0 Å². The fraction of sp³-hybridized carbons (Fsp3) is 0.167. The van der Waals surface area contributed by atoms with E-state index in [4.69, 9.17) is 9.31 Å². The van der Waals surface area contributed by atoms with Gasteiger partial charge < -0.3 is 19.5 Å². The first-order chi connectivity index (χ1) is 19.8. The van der Waals surface area contributed by atoms with Crippen molar-refractivity contribution in [2.75, 3.05) is 10.2 Å². The average molecular weight is 539 g/mol. The van der Waals surface area contributed by atoms with E-state index < -0.39 is 7.12 Å². The van der Waals surface area contributed by atoms with E-state index in [1.807, 2.05) is 30.3 Å². The van der Waals surface area contributed by atoms with Gasteiger partial charge in [-0.1, -0.05) is 78.9 Å². The van der Waals surface area contributed by atoms with Crippen molar-refractivity contribution in [3.8, 4) is 11.1 Å². The largest absolute Gasteiger partial charge is 0.494 e. The second-order valence-corrected chi connectivity index (χ2v) is 11.4. The first-order valence-corrected chi connectivity index (χ1v) is 14.1. The van der Waals surface area contributed by atoms with Crippen LogP contribution < -0.4 is 15.7 Å². The van der Waals surface area contributed by atoms with Crippen molar-refractivity contribution in [3.05, 3.63) is 133 Å². The SMILES string of the molecule is CC1(C)OB(c2ccc(-c3cc(N(c4ccccc4)c4ccccc4)ccc3Nc3ccccc3)cc2)OC1(C)C. The van der Waals surface area contributed by atoms with Crippen LogP contribution in [0.4, 0.5) is 28.4 Å². The maximum absolute atomic E-state index is 6.31. The number of rotatable bonds is 7. The van der Waals surface area contributed by atoms with Gasteiger partial charge in [0.1, 0.15) is 0 Å². The summed E-state index contributed by atoms with van der Waals surface area (Å²) in [5.74, 6) is 0. The molecular formula is C36H35BN2O2. The van der Waals surface area contributed by atoms with Crippen LogP contribution in [-0.4, -0.2) is 18.3 Å². The smallest absolute Gasteiger partial charge is 0.399 e. The Bertz CT molecular complexity index is 1550. The summed E-state index contributed by atoms with van der Waals surface area (Å²) in [6.07, 6.45) is 0. The molecule has 41 heavy (non-hydrogen) atoms. The third kappa shape index (κ3) is 5.52. The number of hydrogen-bond donors (Lipinski definition) is 1. The quantitative estimate of drug-likeness (QED) is 0.210. The molecule has 1 heterocycles. The van der Waals surface area contributed by atoms with Crippen molar-refractivity contribution in [3.63, 3.8) is 0 Å². The van der Waals surface area contributed by atoms with E-state index in [0.717, 1.165) is 45.0 Å². The van der Waals surface area contributed by atoms with E-state index in [-0.39, 0.29) is 11.2 Å². The second-order valence-electron chi connectivity index (χ2n) is 11.4. The van der Waals surface area contributed by atoms with Gasteiger partial charge in [-0.05, 0) is 93.3 Å². The minimum absolute atomic E-state index is 0.379. The van der Waals surface area contributed by atoms with Gasteiger partial charge in [0.2, 0.25) is 0 Å². The maximum Gasteiger partial charge on any atom is 0.494 e. The van der Waals surface area contributed by atoms with Gasteiger partial charge in [-0.15, -0.1) is 0 Å². The Hall–Kier alpha value is -4.32. The van der Waals surface area contributed by atoms with Crippen LogP contribution in [0.2, 0.25) is 0 Å². The Labute approximate surface area is 243 Å². The fourth-order valence-corrected chi connectivity index (χ4v) is 5.10. The highest BCUT2D eigenvalue weighted by molar-refractivity contribution is 6.62. The van der Waals surface area contributed by atoms with Crippen molar-refractivity contribution in [1.82, 2.24) is 0 Å². The lowest BCUT2D eigenvalue weighted by Gasteiger charge is -2.32. The van der Waals surface area contributed by atoms with Crippen LogP contribution in [-0.2, 0) is 9.31 Å². The Morgan fingerprint density at radius 2 is 1.07 bits per heavy atom. The molecule has 4 nitrogen and oxygen atoms in total. The van der Waals surface area contributed by atoms with Gasteiger partial charge in [0.05, 0.1) is 11.2 Å². The average Bonchev–Trinajstić information content (AvgIpc) is 3.22. The first-order valence-electron chi connectivity index (χ1n) is 14.1. The van der Waals surface area contributed by atoms with Crippen molar-refractivity contribution in [1.29, 1.82) is 0 Å². The monoisotopic (exact) mass is 538 g/mol. The number of anilines is 5. The molecule has 0 radical (unpaired) electrons. The van der Waals surface area contributed by atoms with E-state index in [0.29, 0.717) is 0 Å². The predicted molar refractivity (Wildman–Crippen MR) is 172 cm³/mol. The number of hydrogen-bond acceptors (Lipinski definition) is 4. The zero-order chi connectivity index (χ0) is 28.5. The molecule has 0 unspecified atom stereocenters. The molecule has 204 valence electrons. The molecule has 0 aliphatic carbocycles. The summed E-state index contributed by atoms with van der Waals surface area (Å²) in [5.41, 5.74) is 7.81. The van der Waals surface area contributed by atoms with E-state index in [1.54, 1.807) is 0 Å². The topological polar surface area (TPSA) is 33.7 Å². The maximum atomic E-state index is 6.31. The third-order valence-electron chi connectivity index (χ3n) is 8.09. The number of nitrogens with one attached hydrogen (secondary N) is 1. The molecule has 1 aliphatic rings. The lowest BCUT2D eigenvalue weighted by Crippen LogP contribution is -2.41. The summed E-state index contributed by atoms with van der Waals surface area (Å²) < 4.78 is 12.6. The van der Waals surface area contributed by atoms with E-state index >= 15 is 0 Å². The van der Waals surface area contributed by atoms with Gasteiger partial charge in [-0.2, -0.15) is 0 Å². The highest BCUT2D eigenvalue weighted by Gasteiger charge is 2.51. The zero-order valence-electron chi connectivity index (χ0n) is 24.0. The molecule has 0 saturated carbocycles. The Kier molecular flexibility index (Phi) is 7.16. The molecule has 1 saturated heterocycles. The summed E-state index contributed by atoms with van der Waals surface area (Å²) >= 11 is 0. The number of benzene rings is 5. The fourth-order valence-electron chi connectivity index (χ4n) is 5.10. The minimum atomic E-state index is -0.394. The Balaban J connectivity index is 1.42. The molecule has 0 spiro atoms. The van der Waals surface area contributed by atoms with Gasteiger partial charge >= 0.3 is 7.12 Å². The molecule has 5 heteroatoms. The molecule has 0 amide bonds. The predicted octanol–water partition coefficient (Wildman–Crippen LogP) is 8.87. The summed E-state index contributed by atoms with van der Waals surface area (Å²) in [7, 11) is -0.394. The molecule has 0 aromatic heterocycles. The van der Waals surface area contributed by atoms with E-state index in [9.17, 15) is 0 Å². The normalized spacial score (nSPS) is 15.5. The molecule has 1 aliphatic heterocycles. The van der Waals surface area contributed by atoms with Gasteiger partial charge in [0, 0.05) is 34.0 Å². The number of nitrogens with zero attached hydrogens (tertiary/aromatic N) is 1. The summed E-state index contributed by atoms with van der Waals surface area (Å²) in [4.78, 5) is 2.29. The number of para-hydroxylation sites is 3.